The van der Waals surface area contributed by atoms with E-state index in [1.165, 1.54) is 0 Å². The van der Waals surface area contributed by atoms with Crippen molar-refractivity contribution < 1.29 is 24.2 Å². The molecule has 0 saturated heterocycles. The third kappa shape index (κ3) is 10.4. The van der Waals surface area contributed by atoms with Gasteiger partial charge in [0.2, 0.25) is 11.8 Å². The van der Waals surface area contributed by atoms with Gasteiger partial charge < -0.3 is 20.5 Å². The zero-order valence-electron chi connectivity index (χ0n) is 21.5. The summed E-state index contributed by atoms with van der Waals surface area (Å²) in [6.07, 6.45) is 4.53. The van der Waals surface area contributed by atoms with Crippen molar-refractivity contribution in [3.8, 4) is 0 Å². The number of carbonyl (C=O) groups is 3. The highest BCUT2D eigenvalue weighted by Gasteiger charge is 2.26. The fraction of sp³-hybridized carbons (Fsp3) is 0.367. The van der Waals surface area contributed by atoms with Crippen molar-refractivity contribution in [3.05, 3.63) is 97.1 Å². The van der Waals surface area contributed by atoms with Crippen LogP contribution in [-0.2, 0) is 25.5 Å². The summed E-state index contributed by atoms with van der Waals surface area (Å²) in [4.78, 5) is 38.5. The maximum atomic E-state index is 13.2. The van der Waals surface area contributed by atoms with Crippen LogP contribution in [0.1, 0.15) is 43.4 Å². The molecule has 2 amide bonds. The van der Waals surface area contributed by atoms with Crippen molar-refractivity contribution in [2.24, 2.45) is 11.8 Å². The van der Waals surface area contributed by atoms with E-state index in [2.05, 4.69) is 23.8 Å². The van der Waals surface area contributed by atoms with Gasteiger partial charge in [0.25, 0.3) is 0 Å². The Kier molecular flexibility index (Phi) is 12.9. The number of amides is 2. The van der Waals surface area contributed by atoms with Gasteiger partial charge in [0.15, 0.2) is 0 Å². The maximum Gasteiger partial charge on any atom is 0.309 e. The highest BCUT2D eigenvalue weighted by molar-refractivity contribution is 5.86. The molecule has 0 aliphatic carbocycles. The summed E-state index contributed by atoms with van der Waals surface area (Å²) in [6, 6.07) is 18.0. The van der Waals surface area contributed by atoms with Crippen LogP contribution in [0.25, 0.3) is 0 Å². The molecule has 0 aliphatic heterocycles. The molecule has 7 heteroatoms. The number of allylic oxidation sites excluding steroid dienone is 2. The zero-order chi connectivity index (χ0) is 27.0. The minimum Gasteiger partial charge on any atom is -0.463 e. The lowest BCUT2D eigenvalue weighted by Gasteiger charge is -2.24. The molecule has 0 fully saturated rings. The molecule has 0 spiro atoms. The van der Waals surface area contributed by atoms with Crippen LogP contribution >= 0.6 is 0 Å². The van der Waals surface area contributed by atoms with Crippen LogP contribution in [0, 0.1) is 11.8 Å². The summed E-state index contributed by atoms with van der Waals surface area (Å²) in [7, 11) is 0. The fourth-order valence-corrected chi connectivity index (χ4v) is 3.93. The number of rotatable bonds is 16. The summed E-state index contributed by atoms with van der Waals surface area (Å²) in [6.45, 7) is 8.91. The van der Waals surface area contributed by atoms with Crippen molar-refractivity contribution in [2.75, 3.05) is 13.2 Å². The molecule has 2 aromatic carbocycles. The normalized spacial score (nSPS) is 13.9. The van der Waals surface area contributed by atoms with E-state index < -0.39 is 23.9 Å². The number of esters is 1. The second-order valence-corrected chi connectivity index (χ2v) is 9.09. The van der Waals surface area contributed by atoms with Crippen molar-refractivity contribution >= 4 is 17.8 Å². The van der Waals surface area contributed by atoms with Crippen LogP contribution < -0.4 is 10.6 Å². The lowest BCUT2D eigenvalue weighted by molar-refractivity contribution is -0.150. The lowest BCUT2D eigenvalue weighted by atomic mass is 9.96. The topological polar surface area (TPSA) is 105 Å². The van der Waals surface area contributed by atoms with Gasteiger partial charge in [-0.05, 0) is 37.3 Å². The Bertz CT molecular complexity index is 1010. The maximum absolute atomic E-state index is 13.2. The molecule has 3 N–H and O–H groups in total. The van der Waals surface area contributed by atoms with Gasteiger partial charge in [-0.2, -0.15) is 0 Å². The number of hydrogen-bond acceptors (Lipinski definition) is 5. The van der Waals surface area contributed by atoms with Crippen LogP contribution in [0.15, 0.2) is 86.0 Å². The first-order chi connectivity index (χ1) is 17.9. The van der Waals surface area contributed by atoms with E-state index in [1.54, 1.807) is 19.1 Å². The van der Waals surface area contributed by atoms with Crippen LogP contribution in [0.3, 0.4) is 0 Å². The minimum absolute atomic E-state index is 0.0500. The number of aliphatic hydroxyl groups excluding tert-OH is 1. The number of hydrogen-bond donors (Lipinski definition) is 3. The molecule has 0 aliphatic rings. The molecule has 7 nitrogen and oxygen atoms in total. The van der Waals surface area contributed by atoms with Crippen molar-refractivity contribution in [1.82, 2.24) is 10.6 Å². The van der Waals surface area contributed by atoms with Crippen LogP contribution in [-0.4, -0.2) is 42.1 Å². The van der Waals surface area contributed by atoms with E-state index in [0.29, 0.717) is 19.3 Å². The average Bonchev–Trinajstić information content (AvgIpc) is 2.91. The highest BCUT2D eigenvalue weighted by Crippen LogP contribution is 2.20. The molecule has 0 bridgehead atoms. The highest BCUT2D eigenvalue weighted by atomic mass is 16.5. The van der Waals surface area contributed by atoms with Crippen molar-refractivity contribution in [1.29, 1.82) is 0 Å². The monoisotopic (exact) mass is 506 g/mol. The van der Waals surface area contributed by atoms with E-state index in [9.17, 15) is 19.5 Å². The zero-order valence-corrected chi connectivity index (χ0v) is 21.5. The fourth-order valence-electron chi connectivity index (χ4n) is 3.93. The molecule has 2 rings (SSSR count). The molecular weight excluding hydrogens is 468 g/mol. The van der Waals surface area contributed by atoms with Gasteiger partial charge in [0, 0.05) is 12.5 Å². The Labute approximate surface area is 219 Å². The second-order valence-electron chi connectivity index (χ2n) is 9.09. The van der Waals surface area contributed by atoms with Gasteiger partial charge in [-0.1, -0.05) is 72.8 Å². The molecule has 0 heterocycles. The third-order valence-electron chi connectivity index (χ3n) is 5.96. The molecule has 0 aromatic heterocycles. The number of nitrogens with one attached hydrogen (secondary N) is 2. The second kappa shape index (κ2) is 16.1. The van der Waals surface area contributed by atoms with E-state index in [0.717, 1.165) is 11.1 Å². The van der Waals surface area contributed by atoms with Gasteiger partial charge in [-0.25, -0.2) is 0 Å². The third-order valence-corrected chi connectivity index (χ3v) is 5.96. The molecule has 4 atom stereocenters. The van der Waals surface area contributed by atoms with E-state index in [-0.39, 0.29) is 37.4 Å². The Morgan fingerprint density at radius 2 is 1.51 bits per heavy atom. The number of aliphatic hydroxyl groups is 1. The summed E-state index contributed by atoms with van der Waals surface area (Å²) in [5.41, 5.74) is 1.81. The van der Waals surface area contributed by atoms with E-state index in [4.69, 9.17) is 4.74 Å². The van der Waals surface area contributed by atoms with Crippen molar-refractivity contribution in [2.45, 2.75) is 44.7 Å². The van der Waals surface area contributed by atoms with Gasteiger partial charge in [0.05, 0.1) is 24.5 Å². The lowest BCUT2D eigenvalue weighted by Crippen LogP contribution is -2.41. The minimum atomic E-state index is -0.656. The van der Waals surface area contributed by atoms with Crippen LogP contribution in [0.5, 0.6) is 0 Å². The first-order valence-electron chi connectivity index (χ1n) is 12.6. The summed E-state index contributed by atoms with van der Waals surface area (Å²) in [5, 5.41) is 14.8. The Hall–Kier alpha value is -3.71. The quantitative estimate of drug-likeness (QED) is 0.237. The van der Waals surface area contributed by atoms with Crippen molar-refractivity contribution in [3.63, 3.8) is 0 Å². The molecule has 2 aromatic rings. The number of carbonyl (C=O) groups excluding carboxylic acids is 3. The molecule has 0 saturated carbocycles. The van der Waals surface area contributed by atoms with E-state index >= 15 is 0 Å². The SMILES string of the molecule is C=CC[C@@H](CC(=O)N[C@H](C)CO)C(=O)N[C@H](COC(=O)[C@@H](CC=C)Cc1ccccc1)c1ccccc1. The first-order valence-corrected chi connectivity index (χ1v) is 12.6. The standard InChI is InChI=1S/C30H38N2O5/c1-4-12-25(19-28(34)31-22(3)20-33)29(35)32-27(24-16-10-7-11-17-24)21-37-30(36)26(13-5-2)18-23-14-8-6-9-15-23/h4-11,14-17,22,25-27,33H,1-2,12-13,18-21H2,3H3,(H,31,34)(H,32,35)/t22-,25+,26+,27-/m1/s1. The Morgan fingerprint density at radius 1 is 0.919 bits per heavy atom. The predicted molar refractivity (Wildman–Crippen MR) is 144 cm³/mol. The average molecular weight is 507 g/mol. The number of benzene rings is 2. The largest absolute Gasteiger partial charge is 0.463 e. The van der Waals surface area contributed by atoms with Gasteiger partial charge in [-0.15, -0.1) is 13.2 Å². The van der Waals surface area contributed by atoms with Crippen LogP contribution in [0.2, 0.25) is 0 Å². The molecule has 37 heavy (non-hydrogen) atoms. The smallest absolute Gasteiger partial charge is 0.309 e. The molecule has 0 unspecified atom stereocenters. The molecule has 0 radical (unpaired) electrons. The number of ether oxygens (including phenoxy) is 1. The molecule has 198 valence electrons. The summed E-state index contributed by atoms with van der Waals surface area (Å²) >= 11 is 0. The van der Waals surface area contributed by atoms with Gasteiger partial charge in [0.1, 0.15) is 6.61 Å². The first kappa shape index (κ1) is 29.5. The Morgan fingerprint density at radius 3 is 2.11 bits per heavy atom. The van der Waals surface area contributed by atoms with Gasteiger partial charge >= 0.3 is 5.97 Å². The Balaban J connectivity index is 2.11. The molecular formula is C30H38N2O5. The van der Waals surface area contributed by atoms with Gasteiger partial charge in [-0.3, -0.25) is 14.4 Å². The predicted octanol–water partition coefficient (Wildman–Crippen LogP) is 3.90. The summed E-state index contributed by atoms with van der Waals surface area (Å²) < 4.78 is 5.71. The van der Waals surface area contributed by atoms with E-state index in [1.807, 2.05) is 60.7 Å². The summed E-state index contributed by atoms with van der Waals surface area (Å²) in [5.74, 6) is -2.09. The van der Waals surface area contributed by atoms with Crippen LogP contribution in [0.4, 0.5) is 0 Å².